The van der Waals surface area contributed by atoms with Crippen LogP contribution in [0.2, 0.25) is 0 Å². The predicted molar refractivity (Wildman–Crippen MR) is 50.5 cm³/mol. The molecular weight excluding hydrogens is 160 g/mol. The zero-order valence-electron chi connectivity index (χ0n) is 5.69. The molecule has 2 aliphatic rings. The van der Waals surface area contributed by atoms with E-state index in [0.29, 0.717) is 0 Å². The second kappa shape index (κ2) is 3.05. The van der Waals surface area contributed by atoms with Gasteiger partial charge in [0.2, 0.25) is 0 Å². The maximum atomic E-state index is 2.36. The van der Waals surface area contributed by atoms with Gasteiger partial charge in [0.25, 0.3) is 0 Å². The summed E-state index contributed by atoms with van der Waals surface area (Å²) in [5.74, 6) is 1.22. The molecule has 0 aromatic carbocycles. The van der Waals surface area contributed by atoms with Gasteiger partial charge in [-0.15, -0.1) is 23.5 Å². The summed E-state index contributed by atoms with van der Waals surface area (Å²) in [6, 6.07) is 0. The molecule has 2 atom stereocenters. The second-order valence-electron chi connectivity index (χ2n) is 2.51. The molecule has 0 fully saturated rings. The van der Waals surface area contributed by atoms with Crippen LogP contribution in [-0.2, 0) is 0 Å². The minimum absolute atomic E-state index is 0.792. The highest BCUT2D eigenvalue weighted by molar-refractivity contribution is 8.05. The highest BCUT2D eigenvalue weighted by Crippen LogP contribution is 2.35. The minimum atomic E-state index is 0.792. The van der Waals surface area contributed by atoms with Gasteiger partial charge < -0.3 is 0 Å². The van der Waals surface area contributed by atoms with Crippen LogP contribution in [-0.4, -0.2) is 16.3 Å². The summed E-state index contributed by atoms with van der Waals surface area (Å²) in [6.07, 6.45) is 8.19. The van der Waals surface area contributed by atoms with Gasteiger partial charge in [-0.1, -0.05) is 18.2 Å². The first-order valence-electron chi connectivity index (χ1n) is 3.55. The fourth-order valence-corrected chi connectivity index (χ4v) is 3.57. The summed E-state index contributed by atoms with van der Waals surface area (Å²) in [7, 11) is 0. The van der Waals surface area contributed by atoms with Gasteiger partial charge in [-0.3, -0.25) is 0 Å². The van der Waals surface area contributed by atoms with Gasteiger partial charge in [-0.05, 0) is 11.8 Å². The van der Waals surface area contributed by atoms with Crippen molar-refractivity contribution >= 4 is 23.5 Å². The van der Waals surface area contributed by atoms with E-state index in [2.05, 4.69) is 35.4 Å². The van der Waals surface area contributed by atoms with Crippen LogP contribution in [0.5, 0.6) is 0 Å². The fraction of sp³-hybridized carbons (Fsp3) is 0.500. The van der Waals surface area contributed by atoms with Crippen LogP contribution in [0.4, 0.5) is 0 Å². The summed E-state index contributed by atoms with van der Waals surface area (Å²) in [4.78, 5) is 0. The standard InChI is InChI=1S/C8H10S2/c1-3-7(9-5-1)8-4-2-6-10-8/h1-3,6-8H,4-5H2. The third-order valence-corrected chi connectivity index (χ3v) is 4.41. The van der Waals surface area contributed by atoms with Crippen LogP contribution >= 0.6 is 23.5 Å². The monoisotopic (exact) mass is 170 g/mol. The molecule has 2 heteroatoms. The van der Waals surface area contributed by atoms with Crippen molar-refractivity contribution in [2.45, 2.75) is 16.9 Å². The first-order chi connectivity index (χ1) is 4.97. The summed E-state index contributed by atoms with van der Waals surface area (Å²) >= 11 is 4.05. The Morgan fingerprint density at radius 2 is 2.30 bits per heavy atom. The lowest BCUT2D eigenvalue weighted by Crippen LogP contribution is -2.12. The Morgan fingerprint density at radius 1 is 1.30 bits per heavy atom. The van der Waals surface area contributed by atoms with E-state index in [1.165, 1.54) is 12.2 Å². The van der Waals surface area contributed by atoms with Crippen LogP contribution in [0, 0.1) is 0 Å². The molecule has 0 aromatic heterocycles. The van der Waals surface area contributed by atoms with Gasteiger partial charge in [-0.25, -0.2) is 0 Å². The van der Waals surface area contributed by atoms with Crippen molar-refractivity contribution in [3.8, 4) is 0 Å². The lowest BCUT2D eigenvalue weighted by molar-refractivity contribution is 0.928. The SMILES string of the molecule is C1=CC(C2CC=CS2)SC1. The van der Waals surface area contributed by atoms with Crippen molar-refractivity contribution in [2.75, 3.05) is 5.75 Å². The van der Waals surface area contributed by atoms with Gasteiger partial charge in [-0.2, -0.15) is 0 Å². The molecule has 2 aliphatic heterocycles. The number of hydrogen-bond donors (Lipinski definition) is 0. The van der Waals surface area contributed by atoms with E-state index in [4.69, 9.17) is 0 Å². The molecule has 2 rings (SSSR count). The zero-order chi connectivity index (χ0) is 6.81. The molecule has 2 heterocycles. The Morgan fingerprint density at radius 3 is 2.90 bits per heavy atom. The minimum Gasteiger partial charge on any atom is -0.149 e. The van der Waals surface area contributed by atoms with Crippen molar-refractivity contribution < 1.29 is 0 Å². The Kier molecular flexibility index (Phi) is 2.10. The summed E-state index contributed by atoms with van der Waals surface area (Å²) in [5, 5.41) is 3.86. The maximum absolute atomic E-state index is 2.36. The maximum Gasteiger partial charge on any atom is 0.0355 e. The molecule has 0 saturated heterocycles. The number of rotatable bonds is 1. The molecule has 0 aromatic rings. The lowest BCUT2D eigenvalue weighted by atomic mass is 10.2. The molecule has 2 unspecified atom stereocenters. The number of hydrogen-bond acceptors (Lipinski definition) is 2. The summed E-state index contributed by atoms with van der Waals surface area (Å²) in [5.41, 5.74) is 0. The van der Waals surface area contributed by atoms with Gasteiger partial charge in [0.1, 0.15) is 0 Å². The van der Waals surface area contributed by atoms with E-state index in [1.54, 1.807) is 0 Å². The molecule has 0 aliphatic carbocycles. The highest BCUT2D eigenvalue weighted by atomic mass is 32.2. The van der Waals surface area contributed by atoms with Crippen LogP contribution in [0.25, 0.3) is 0 Å². The fourth-order valence-electron chi connectivity index (χ4n) is 1.26. The molecule has 0 nitrogen and oxygen atoms in total. The molecule has 0 amide bonds. The Labute approximate surface area is 70.1 Å². The van der Waals surface area contributed by atoms with Gasteiger partial charge in [0.05, 0.1) is 0 Å². The first kappa shape index (κ1) is 6.86. The summed E-state index contributed by atoms with van der Waals surface area (Å²) < 4.78 is 0. The Bertz CT molecular complexity index is 164. The quantitative estimate of drug-likeness (QED) is 0.555. The molecule has 10 heavy (non-hydrogen) atoms. The first-order valence-corrected chi connectivity index (χ1v) is 5.55. The topological polar surface area (TPSA) is 0 Å². The second-order valence-corrected chi connectivity index (χ2v) is 4.87. The molecule has 0 spiro atoms. The van der Waals surface area contributed by atoms with E-state index < -0.39 is 0 Å². The smallest absolute Gasteiger partial charge is 0.0355 e. The van der Waals surface area contributed by atoms with Crippen LogP contribution in [0.1, 0.15) is 6.42 Å². The molecule has 0 radical (unpaired) electrons. The van der Waals surface area contributed by atoms with Crippen LogP contribution < -0.4 is 0 Å². The Balaban J connectivity index is 1.93. The average molecular weight is 170 g/mol. The molecule has 0 N–H and O–H groups in total. The third kappa shape index (κ3) is 1.28. The van der Waals surface area contributed by atoms with E-state index in [9.17, 15) is 0 Å². The van der Waals surface area contributed by atoms with Crippen molar-refractivity contribution in [1.82, 2.24) is 0 Å². The number of thioether (sulfide) groups is 2. The van der Waals surface area contributed by atoms with Crippen molar-refractivity contribution in [3.05, 3.63) is 23.6 Å². The van der Waals surface area contributed by atoms with Crippen LogP contribution in [0.15, 0.2) is 23.6 Å². The van der Waals surface area contributed by atoms with E-state index in [0.717, 1.165) is 10.5 Å². The molecular formula is C8H10S2. The predicted octanol–water partition coefficient (Wildman–Crippen LogP) is 2.68. The van der Waals surface area contributed by atoms with Gasteiger partial charge >= 0.3 is 0 Å². The zero-order valence-corrected chi connectivity index (χ0v) is 7.33. The molecule has 0 bridgehead atoms. The van der Waals surface area contributed by atoms with Gasteiger partial charge in [0.15, 0.2) is 0 Å². The van der Waals surface area contributed by atoms with Crippen molar-refractivity contribution in [3.63, 3.8) is 0 Å². The normalized spacial score (nSPS) is 37.6. The summed E-state index contributed by atoms with van der Waals surface area (Å²) in [6.45, 7) is 0. The highest BCUT2D eigenvalue weighted by Gasteiger charge is 2.22. The Hall–Kier alpha value is 0.180. The molecule has 0 saturated carbocycles. The number of allylic oxidation sites excluding steroid dienone is 1. The van der Waals surface area contributed by atoms with E-state index in [-0.39, 0.29) is 0 Å². The van der Waals surface area contributed by atoms with Crippen molar-refractivity contribution in [1.29, 1.82) is 0 Å². The van der Waals surface area contributed by atoms with Crippen LogP contribution in [0.3, 0.4) is 0 Å². The van der Waals surface area contributed by atoms with E-state index in [1.807, 2.05) is 11.8 Å². The largest absolute Gasteiger partial charge is 0.149 e. The van der Waals surface area contributed by atoms with E-state index >= 15 is 0 Å². The molecule has 54 valence electrons. The third-order valence-electron chi connectivity index (χ3n) is 1.80. The van der Waals surface area contributed by atoms with Crippen molar-refractivity contribution in [2.24, 2.45) is 0 Å². The van der Waals surface area contributed by atoms with Gasteiger partial charge in [0, 0.05) is 16.3 Å². The lowest BCUT2D eigenvalue weighted by Gasteiger charge is -2.13. The average Bonchev–Trinajstić information content (AvgIpc) is 2.59.